The van der Waals surface area contributed by atoms with Crippen molar-refractivity contribution in [3.8, 4) is 5.69 Å². The summed E-state index contributed by atoms with van der Waals surface area (Å²) in [6.07, 6.45) is 5.49. The summed E-state index contributed by atoms with van der Waals surface area (Å²) >= 11 is 1.95. The van der Waals surface area contributed by atoms with Crippen molar-refractivity contribution in [3.05, 3.63) is 42.2 Å². The first-order chi connectivity index (χ1) is 11.2. The fourth-order valence-electron chi connectivity index (χ4n) is 3.05. The molecule has 1 amide bonds. The zero-order valence-corrected chi connectivity index (χ0v) is 14.4. The molecule has 0 radical (unpaired) electrons. The maximum atomic E-state index is 13.1. The third kappa shape index (κ3) is 3.42. The van der Waals surface area contributed by atoms with Gasteiger partial charge in [0.2, 0.25) is 0 Å². The Morgan fingerprint density at radius 3 is 2.74 bits per heavy atom. The lowest BCUT2D eigenvalue weighted by atomic mass is 10.0. The summed E-state index contributed by atoms with van der Waals surface area (Å²) in [6, 6.07) is 7.83. The van der Waals surface area contributed by atoms with Gasteiger partial charge in [0.1, 0.15) is 0 Å². The highest BCUT2D eigenvalue weighted by molar-refractivity contribution is 7.99. The molecule has 1 aromatic heterocycles. The molecule has 122 valence electrons. The van der Waals surface area contributed by atoms with Gasteiger partial charge in [-0.2, -0.15) is 26.8 Å². The lowest BCUT2D eigenvalue weighted by Crippen LogP contribution is -2.46. The molecule has 5 nitrogen and oxygen atoms in total. The number of hydrogen-bond acceptors (Lipinski definition) is 4. The van der Waals surface area contributed by atoms with Crippen molar-refractivity contribution in [2.45, 2.75) is 38.0 Å². The van der Waals surface area contributed by atoms with Crippen molar-refractivity contribution in [2.24, 2.45) is 0 Å². The average Bonchev–Trinajstić information content (AvgIpc) is 3.10. The maximum Gasteiger partial charge on any atom is 0.256 e. The SMILES string of the molecule is CCS[C@@H]1CC[C@@H](C)N(C(=O)c2ccccc2-n2nccn2)C1. The minimum atomic E-state index is 0.0757. The van der Waals surface area contributed by atoms with Crippen molar-refractivity contribution in [2.75, 3.05) is 12.3 Å². The molecule has 2 aromatic rings. The highest BCUT2D eigenvalue weighted by atomic mass is 32.2. The van der Waals surface area contributed by atoms with Crippen molar-refractivity contribution in [1.29, 1.82) is 0 Å². The van der Waals surface area contributed by atoms with Crippen LogP contribution in [0, 0.1) is 0 Å². The Balaban J connectivity index is 1.88. The number of piperidine rings is 1. The molecular weight excluding hydrogens is 308 g/mol. The van der Waals surface area contributed by atoms with Gasteiger partial charge in [0.25, 0.3) is 5.91 Å². The van der Waals surface area contributed by atoms with E-state index in [-0.39, 0.29) is 11.9 Å². The highest BCUT2D eigenvalue weighted by Crippen LogP contribution is 2.28. The van der Waals surface area contributed by atoms with Gasteiger partial charge in [-0.25, -0.2) is 0 Å². The summed E-state index contributed by atoms with van der Waals surface area (Å²) in [5.41, 5.74) is 1.40. The molecule has 0 N–H and O–H groups in total. The highest BCUT2D eigenvalue weighted by Gasteiger charge is 2.30. The van der Waals surface area contributed by atoms with Gasteiger partial charge in [-0.1, -0.05) is 19.1 Å². The number of benzene rings is 1. The van der Waals surface area contributed by atoms with E-state index in [0.717, 1.165) is 24.4 Å². The Labute approximate surface area is 141 Å². The van der Waals surface area contributed by atoms with Gasteiger partial charge >= 0.3 is 0 Å². The largest absolute Gasteiger partial charge is 0.335 e. The smallest absolute Gasteiger partial charge is 0.256 e. The fraction of sp³-hybridized carbons (Fsp3) is 0.471. The van der Waals surface area contributed by atoms with E-state index in [1.165, 1.54) is 11.2 Å². The number of rotatable bonds is 4. The van der Waals surface area contributed by atoms with E-state index in [0.29, 0.717) is 10.8 Å². The molecule has 1 aromatic carbocycles. The lowest BCUT2D eigenvalue weighted by molar-refractivity contribution is 0.0642. The first-order valence-electron chi connectivity index (χ1n) is 8.09. The molecule has 0 bridgehead atoms. The van der Waals surface area contributed by atoms with Gasteiger partial charge in [-0.15, -0.1) is 0 Å². The average molecular weight is 330 g/mol. The van der Waals surface area contributed by atoms with Gasteiger partial charge in [0, 0.05) is 17.8 Å². The molecule has 0 unspecified atom stereocenters. The summed E-state index contributed by atoms with van der Waals surface area (Å²) in [5.74, 6) is 1.17. The molecule has 0 saturated carbocycles. The normalized spacial score (nSPS) is 21.4. The molecule has 1 fully saturated rings. The van der Waals surface area contributed by atoms with Crippen molar-refractivity contribution in [3.63, 3.8) is 0 Å². The molecule has 23 heavy (non-hydrogen) atoms. The third-order valence-corrected chi connectivity index (χ3v) is 5.46. The molecule has 6 heteroatoms. The Morgan fingerprint density at radius 2 is 2.00 bits per heavy atom. The molecule has 1 aliphatic rings. The van der Waals surface area contributed by atoms with Crippen LogP contribution in [0.25, 0.3) is 5.69 Å². The zero-order chi connectivity index (χ0) is 16.2. The van der Waals surface area contributed by atoms with Crippen LogP contribution in [0.15, 0.2) is 36.7 Å². The standard InChI is InChI=1S/C17H22N4OS/c1-3-23-14-9-8-13(2)20(12-14)17(22)15-6-4-5-7-16(15)21-18-10-11-19-21/h4-7,10-11,13-14H,3,8-9,12H2,1-2H3/t13-,14-/m1/s1. The summed E-state index contributed by atoms with van der Waals surface area (Å²) in [4.78, 5) is 16.7. The molecule has 0 spiro atoms. The summed E-state index contributed by atoms with van der Waals surface area (Å²) in [5, 5.41) is 8.87. The lowest BCUT2D eigenvalue weighted by Gasteiger charge is -2.38. The number of carbonyl (C=O) groups is 1. The van der Waals surface area contributed by atoms with Gasteiger partial charge in [-0.3, -0.25) is 4.79 Å². The van der Waals surface area contributed by atoms with E-state index in [9.17, 15) is 4.79 Å². The van der Waals surface area contributed by atoms with E-state index >= 15 is 0 Å². The van der Waals surface area contributed by atoms with Crippen LogP contribution in [0.4, 0.5) is 0 Å². The van der Waals surface area contributed by atoms with Crippen LogP contribution in [0.3, 0.4) is 0 Å². The van der Waals surface area contributed by atoms with Gasteiger partial charge in [0.15, 0.2) is 0 Å². The first-order valence-corrected chi connectivity index (χ1v) is 9.14. The Hall–Kier alpha value is -1.82. The summed E-state index contributed by atoms with van der Waals surface area (Å²) < 4.78 is 0. The monoisotopic (exact) mass is 330 g/mol. The molecular formula is C17H22N4OS. The van der Waals surface area contributed by atoms with Crippen molar-refractivity contribution in [1.82, 2.24) is 19.9 Å². The van der Waals surface area contributed by atoms with Crippen LogP contribution in [0.2, 0.25) is 0 Å². The number of amides is 1. The summed E-state index contributed by atoms with van der Waals surface area (Å²) in [7, 11) is 0. The van der Waals surface area contributed by atoms with E-state index in [1.54, 1.807) is 12.4 Å². The van der Waals surface area contributed by atoms with Crippen LogP contribution < -0.4 is 0 Å². The molecule has 0 aliphatic carbocycles. The third-order valence-electron chi connectivity index (χ3n) is 4.27. The van der Waals surface area contributed by atoms with Gasteiger partial charge in [-0.05, 0) is 37.7 Å². The predicted octanol–water partition coefficient (Wildman–Crippen LogP) is 3.01. The van der Waals surface area contributed by atoms with E-state index in [2.05, 4.69) is 24.0 Å². The number of thioether (sulfide) groups is 1. The molecule has 3 rings (SSSR count). The number of hydrogen-bond donors (Lipinski definition) is 0. The van der Waals surface area contributed by atoms with Gasteiger partial charge < -0.3 is 4.90 Å². The first kappa shape index (κ1) is 16.1. The second-order valence-corrected chi connectivity index (χ2v) is 7.37. The van der Waals surface area contributed by atoms with Crippen LogP contribution in [-0.2, 0) is 0 Å². The van der Waals surface area contributed by atoms with E-state index in [4.69, 9.17) is 0 Å². The second-order valence-electron chi connectivity index (χ2n) is 5.80. The van der Waals surface area contributed by atoms with E-state index < -0.39 is 0 Å². The predicted molar refractivity (Wildman–Crippen MR) is 93.0 cm³/mol. The Kier molecular flexibility index (Phi) is 5.00. The van der Waals surface area contributed by atoms with Crippen LogP contribution >= 0.6 is 11.8 Å². The number of likely N-dealkylation sites (tertiary alicyclic amines) is 1. The van der Waals surface area contributed by atoms with Crippen LogP contribution in [-0.4, -0.2) is 49.4 Å². The number of carbonyl (C=O) groups excluding carboxylic acids is 1. The Morgan fingerprint density at radius 1 is 1.26 bits per heavy atom. The van der Waals surface area contributed by atoms with Gasteiger partial charge in [0.05, 0.1) is 23.6 Å². The van der Waals surface area contributed by atoms with Crippen LogP contribution in [0.1, 0.15) is 37.0 Å². The molecule has 2 heterocycles. The fourth-order valence-corrected chi connectivity index (χ4v) is 4.09. The maximum absolute atomic E-state index is 13.1. The number of aromatic nitrogens is 3. The molecule has 2 atom stereocenters. The zero-order valence-electron chi connectivity index (χ0n) is 13.6. The minimum Gasteiger partial charge on any atom is -0.335 e. The van der Waals surface area contributed by atoms with Crippen LogP contribution in [0.5, 0.6) is 0 Å². The Bertz CT molecular complexity index is 658. The minimum absolute atomic E-state index is 0.0757. The quantitative estimate of drug-likeness (QED) is 0.865. The van der Waals surface area contributed by atoms with Crippen molar-refractivity contribution >= 4 is 17.7 Å². The second kappa shape index (κ2) is 7.17. The number of para-hydroxylation sites is 1. The topological polar surface area (TPSA) is 51.0 Å². The van der Waals surface area contributed by atoms with E-state index in [1.807, 2.05) is 40.9 Å². The van der Waals surface area contributed by atoms with Crippen molar-refractivity contribution < 1.29 is 4.79 Å². The number of nitrogens with zero attached hydrogens (tertiary/aromatic N) is 4. The molecule has 1 saturated heterocycles. The molecule has 1 aliphatic heterocycles. The summed E-state index contributed by atoms with van der Waals surface area (Å²) in [6.45, 7) is 5.13.